The molecule has 0 saturated heterocycles. The molecule has 0 aliphatic rings. The first kappa shape index (κ1) is 37.1. The van der Waals surface area contributed by atoms with Crippen LogP contribution in [0.5, 0.6) is 5.75 Å². The molecular weight excluding hydrogens is 590 g/mol. The Morgan fingerprint density at radius 3 is 2.02 bits per heavy atom. The fraction of sp³-hybridized carbons (Fsp3) is 0.425. The number of ether oxygens (including phenoxy) is 1. The first-order valence-electron chi connectivity index (χ1n) is 17.0. The van der Waals surface area contributed by atoms with Gasteiger partial charge in [0.05, 0.1) is 18.5 Å². The molecule has 0 aliphatic carbocycles. The van der Waals surface area contributed by atoms with Crippen LogP contribution in [0.25, 0.3) is 10.9 Å². The predicted octanol–water partition coefficient (Wildman–Crippen LogP) is 9.76. The van der Waals surface area contributed by atoms with Crippen molar-refractivity contribution in [1.82, 2.24) is 4.57 Å². The molecule has 2 N–H and O–H groups in total. The van der Waals surface area contributed by atoms with Gasteiger partial charge in [-0.1, -0.05) is 106 Å². The van der Waals surface area contributed by atoms with Crippen molar-refractivity contribution in [2.75, 3.05) is 6.61 Å². The lowest BCUT2D eigenvalue weighted by atomic mass is 10.0. The topological polar surface area (TPSA) is 106 Å². The Morgan fingerprint density at radius 1 is 0.766 bits per heavy atom. The minimum absolute atomic E-state index is 0.00465. The van der Waals surface area contributed by atoms with Gasteiger partial charge in [0.2, 0.25) is 0 Å². The number of unbranched alkanes of at least 4 members (excludes halogenated alkanes) is 8. The number of carbonyl (C=O) groups is 3. The molecule has 0 radical (unpaired) electrons. The van der Waals surface area contributed by atoms with Gasteiger partial charge in [0, 0.05) is 28.6 Å². The maximum Gasteiger partial charge on any atom is 0.335 e. The van der Waals surface area contributed by atoms with Gasteiger partial charge < -0.3 is 19.5 Å². The fourth-order valence-corrected chi connectivity index (χ4v) is 5.98. The summed E-state index contributed by atoms with van der Waals surface area (Å²) in [5, 5.41) is 18.6. The SMILES string of the molecule is CCCCCCCCCCCC(=O)c1c(C)n(CCOc2ccc(CC(=O)O)cc2)c2ccccc12.Cc1ccc(C(=O)O)c(C)c1. The Labute approximate surface area is 279 Å². The Bertz CT molecular complexity index is 1600. The van der Waals surface area contributed by atoms with E-state index in [1.54, 1.807) is 43.3 Å². The van der Waals surface area contributed by atoms with Crippen molar-refractivity contribution < 1.29 is 29.3 Å². The maximum atomic E-state index is 13.2. The highest BCUT2D eigenvalue weighted by molar-refractivity contribution is 6.09. The Hall–Kier alpha value is -4.39. The van der Waals surface area contributed by atoms with Crippen molar-refractivity contribution in [3.63, 3.8) is 0 Å². The van der Waals surface area contributed by atoms with Crippen molar-refractivity contribution >= 4 is 28.6 Å². The molecule has 3 aromatic carbocycles. The number of carboxylic acids is 2. The maximum absolute atomic E-state index is 13.2. The summed E-state index contributed by atoms with van der Waals surface area (Å²) in [5.41, 5.74) is 5.95. The molecule has 47 heavy (non-hydrogen) atoms. The highest BCUT2D eigenvalue weighted by Crippen LogP contribution is 2.28. The lowest BCUT2D eigenvalue weighted by molar-refractivity contribution is -0.136. The lowest BCUT2D eigenvalue weighted by Crippen LogP contribution is -2.10. The minimum atomic E-state index is -0.859. The van der Waals surface area contributed by atoms with Gasteiger partial charge in [0.15, 0.2) is 5.78 Å². The van der Waals surface area contributed by atoms with Crippen molar-refractivity contribution in [3.05, 3.63) is 100 Å². The largest absolute Gasteiger partial charge is 0.492 e. The summed E-state index contributed by atoms with van der Waals surface area (Å²) in [6.45, 7) is 9.12. The fourth-order valence-electron chi connectivity index (χ4n) is 5.98. The van der Waals surface area contributed by atoms with Gasteiger partial charge in [-0.25, -0.2) is 4.79 Å². The molecule has 0 atom stereocenters. The molecular formula is C40H51NO6. The van der Waals surface area contributed by atoms with E-state index >= 15 is 0 Å². The summed E-state index contributed by atoms with van der Waals surface area (Å²) in [6.07, 6.45) is 11.8. The number of Topliss-reactive ketones (excluding diaryl/α,β-unsaturated/α-hetero) is 1. The molecule has 4 rings (SSSR count). The lowest BCUT2D eigenvalue weighted by Gasteiger charge is -2.11. The number of para-hydroxylation sites is 1. The third kappa shape index (κ3) is 11.7. The van der Waals surface area contributed by atoms with E-state index in [4.69, 9.17) is 14.9 Å². The highest BCUT2D eigenvalue weighted by Gasteiger charge is 2.19. The molecule has 0 saturated carbocycles. The van der Waals surface area contributed by atoms with Gasteiger partial charge >= 0.3 is 11.9 Å². The summed E-state index contributed by atoms with van der Waals surface area (Å²) >= 11 is 0. The van der Waals surface area contributed by atoms with Crippen LogP contribution in [0.15, 0.2) is 66.7 Å². The van der Waals surface area contributed by atoms with Crippen molar-refractivity contribution in [3.8, 4) is 5.75 Å². The Balaban J connectivity index is 0.000000461. The molecule has 0 amide bonds. The van der Waals surface area contributed by atoms with Crippen LogP contribution in [0.1, 0.15) is 114 Å². The van der Waals surface area contributed by atoms with E-state index in [1.807, 2.05) is 38.1 Å². The van der Waals surface area contributed by atoms with E-state index in [1.165, 1.54) is 44.9 Å². The molecule has 0 fully saturated rings. The molecule has 1 heterocycles. The first-order chi connectivity index (χ1) is 22.6. The van der Waals surface area contributed by atoms with Gasteiger partial charge in [0.25, 0.3) is 0 Å². The second-order valence-electron chi connectivity index (χ2n) is 12.3. The van der Waals surface area contributed by atoms with E-state index in [0.29, 0.717) is 30.9 Å². The Morgan fingerprint density at radius 2 is 1.40 bits per heavy atom. The quantitative estimate of drug-likeness (QED) is 0.0828. The van der Waals surface area contributed by atoms with Crippen molar-refractivity contribution in [2.45, 2.75) is 105 Å². The van der Waals surface area contributed by atoms with Crippen LogP contribution < -0.4 is 4.74 Å². The van der Waals surface area contributed by atoms with Crippen molar-refractivity contribution in [1.29, 1.82) is 0 Å². The smallest absolute Gasteiger partial charge is 0.335 e. The average Bonchev–Trinajstić information content (AvgIpc) is 3.31. The third-order valence-corrected chi connectivity index (χ3v) is 8.49. The van der Waals surface area contributed by atoms with Crippen LogP contribution in [-0.2, 0) is 17.8 Å². The normalized spacial score (nSPS) is 10.8. The van der Waals surface area contributed by atoms with Crippen LogP contribution in [0.3, 0.4) is 0 Å². The number of hydrogen-bond acceptors (Lipinski definition) is 4. The molecule has 0 spiro atoms. The second kappa shape index (κ2) is 19.3. The number of aryl methyl sites for hydroxylation is 2. The number of carboxylic acid groups (broad SMARTS) is 2. The van der Waals surface area contributed by atoms with Crippen LogP contribution in [-0.4, -0.2) is 39.1 Å². The molecule has 252 valence electrons. The van der Waals surface area contributed by atoms with Gasteiger partial charge in [-0.15, -0.1) is 0 Å². The number of aromatic nitrogens is 1. The number of hydrogen-bond donors (Lipinski definition) is 2. The van der Waals surface area contributed by atoms with E-state index in [-0.39, 0.29) is 12.2 Å². The number of aromatic carboxylic acids is 1. The third-order valence-electron chi connectivity index (χ3n) is 8.49. The van der Waals surface area contributed by atoms with E-state index in [9.17, 15) is 14.4 Å². The molecule has 7 nitrogen and oxygen atoms in total. The number of aliphatic carboxylic acids is 1. The number of fused-ring (bicyclic) bond motifs is 1. The van der Waals surface area contributed by atoms with E-state index in [2.05, 4.69) is 17.6 Å². The highest BCUT2D eigenvalue weighted by atomic mass is 16.5. The molecule has 4 aromatic rings. The van der Waals surface area contributed by atoms with Crippen LogP contribution >= 0.6 is 0 Å². The average molecular weight is 642 g/mol. The summed E-state index contributed by atoms with van der Waals surface area (Å²) in [4.78, 5) is 34.6. The zero-order valence-corrected chi connectivity index (χ0v) is 28.5. The molecule has 0 bridgehead atoms. The monoisotopic (exact) mass is 641 g/mol. The van der Waals surface area contributed by atoms with Gasteiger partial charge in [-0.3, -0.25) is 9.59 Å². The zero-order chi connectivity index (χ0) is 34.2. The minimum Gasteiger partial charge on any atom is -0.492 e. The van der Waals surface area contributed by atoms with E-state index < -0.39 is 11.9 Å². The molecule has 1 aromatic heterocycles. The van der Waals surface area contributed by atoms with Gasteiger partial charge in [-0.05, 0) is 62.6 Å². The molecule has 0 aliphatic heterocycles. The van der Waals surface area contributed by atoms with E-state index in [0.717, 1.165) is 51.7 Å². The number of ketones is 1. The summed E-state index contributed by atoms with van der Waals surface area (Å²) in [6, 6.07) is 20.6. The van der Waals surface area contributed by atoms with Crippen LogP contribution in [0.4, 0.5) is 0 Å². The van der Waals surface area contributed by atoms with Crippen LogP contribution in [0, 0.1) is 20.8 Å². The first-order valence-corrected chi connectivity index (χ1v) is 17.0. The summed E-state index contributed by atoms with van der Waals surface area (Å²) < 4.78 is 8.10. The number of carbonyl (C=O) groups excluding carboxylic acids is 1. The van der Waals surface area contributed by atoms with Crippen LogP contribution in [0.2, 0.25) is 0 Å². The number of nitrogens with zero attached hydrogens (tertiary/aromatic N) is 1. The predicted molar refractivity (Wildman–Crippen MR) is 189 cm³/mol. The standard InChI is InChI=1S/C31H41NO4.C9H10O2/c1-3-4-5-6-7-8-9-10-11-16-29(33)31-24(2)32(28-15-13-12-14-27(28)31)21-22-36-26-19-17-25(18-20-26)23-30(34)35;1-6-3-4-8(9(10)11)7(2)5-6/h12-15,17-20H,3-11,16,21-23H2,1-2H3,(H,34,35);3-5H,1-2H3,(H,10,11). The molecule has 0 unspecified atom stereocenters. The van der Waals surface area contributed by atoms with Crippen molar-refractivity contribution in [2.24, 2.45) is 0 Å². The second-order valence-corrected chi connectivity index (χ2v) is 12.3. The summed E-state index contributed by atoms with van der Waals surface area (Å²) in [7, 11) is 0. The summed E-state index contributed by atoms with van der Waals surface area (Å²) in [5.74, 6) is -0.760. The van der Waals surface area contributed by atoms with Gasteiger partial charge in [-0.2, -0.15) is 0 Å². The molecule has 7 heteroatoms. The van der Waals surface area contributed by atoms with Gasteiger partial charge in [0.1, 0.15) is 12.4 Å². The zero-order valence-electron chi connectivity index (χ0n) is 28.5. The Kier molecular flexibility index (Phi) is 15.2. The number of rotatable bonds is 18. The number of benzene rings is 3.